The summed E-state index contributed by atoms with van der Waals surface area (Å²) in [5.41, 5.74) is 2.43. The highest BCUT2D eigenvalue weighted by molar-refractivity contribution is 6.30. The minimum atomic E-state index is -0.722. The predicted octanol–water partition coefficient (Wildman–Crippen LogP) is 3.62. The van der Waals surface area contributed by atoms with Crippen LogP contribution >= 0.6 is 11.6 Å². The van der Waals surface area contributed by atoms with Crippen LogP contribution in [0.15, 0.2) is 76.4 Å². The number of carbonyl (C=O) groups is 2. The zero-order valence-corrected chi connectivity index (χ0v) is 19.2. The smallest absolute Gasteiger partial charge is 0.262 e. The fourth-order valence-electron chi connectivity index (χ4n) is 4.25. The molecule has 0 radical (unpaired) electrons. The van der Waals surface area contributed by atoms with Gasteiger partial charge in [0, 0.05) is 18.5 Å². The normalized spacial score (nSPS) is 19.3. The van der Waals surface area contributed by atoms with Gasteiger partial charge in [-0.1, -0.05) is 35.9 Å². The number of nitrogens with one attached hydrogen (secondary N) is 1. The second-order valence-electron chi connectivity index (χ2n) is 8.10. The third-order valence-electron chi connectivity index (χ3n) is 5.94. The molecule has 2 atom stereocenters. The SMILES string of the molecule is CNC(=O)[C@H]1CN(CC(=O)N2N=C(c3ccc(Cl)cc3)C[C@H]2c2ccco2)c2ccccc2O1. The number of hydrogen-bond donors (Lipinski definition) is 1. The van der Waals surface area contributed by atoms with Gasteiger partial charge in [-0.15, -0.1) is 0 Å². The molecule has 2 aromatic carbocycles. The zero-order valence-electron chi connectivity index (χ0n) is 18.5. The summed E-state index contributed by atoms with van der Waals surface area (Å²) in [6, 6.07) is 18.0. The van der Waals surface area contributed by atoms with Gasteiger partial charge in [0.2, 0.25) is 0 Å². The van der Waals surface area contributed by atoms with Crippen molar-refractivity contribution in [1.29, 1.82) is 0 Å². The number of anilines is 1. The highest BCUT2D eigenvalue weighted by atomic mass is 35.5. The first-order chi connectivity index (χ1) is 16.5. The minimum absolute atomic E-state index is 0.0302. The summed E-state index contributed by atoms with van der Waals surface area (Å²) in [6.07, 6.45) is 1.38. The van der Waals surface area contributed by atoms with E-state index in [1.54, 1.807) is 37.6 Å². The van der Waals surface area contributed by atoms with E-state index in [1.165, 1.54) is 5.01 Å². The van der Waals surface area contributed by atoms with Crippen molar-refractivity contribution < 1.29 is 18.7 Å². The number of amides is 2. The number of fused-ring (bicyclic) bond motifs is 1. The Labute approximate surface area is 201 Å². The van der Waals surface area contributed by atoms with Crippen molar-refractivity contribution in [2.24, 2.45) is 5.10 Å². The van der Waals surface area contributed by atoms with Crippen molar-refractivity contribution in [3.05, 3.63) is 83.3 Å². The Kier molecular flexibility index (Phi) is 5.98. The number of halogens is 1. The largest absolute Gasteiger partial charge is 0.477 e. The van der Waals surface area contributed by atoms with Gasteiger partial charge < -0.3 is 19.4 Å². The molecule has 3 heterocycles. The Bertz CT molecular complexity index is 1230. The maximum absolute atomic E-state index is 13.6. The molecule has 0 aliphatic carbocycles. The summed E-state index contributed by atoms with van der Waals surface area (Å²) in [5, 5.41) is 9.41. The Morgan fingerprint density at radius 3 is 2.65 bits per heavy atom. The van der Waals surface area contributed by atoms with Gasteiger partial charge in [-0.25, -0.2) is 5.01 Å². The number of ether oxygens (including phenoxy) is 1. The number of benzene rings is 2. The van der Waals surface area contributed by atoms with Crippen LogP contribution < -0.4 is 15.0 Å². The van der Waals surface area contributed by atoms with Crippen molar-refractivity contribution in [1.82, 2.24) is 10.3 Å². The van der Waals surface area contributed by atoms with Crippen molar-refractivity contribution in [2.45, 2.75) is 18.6 Å². The number of likely N-dealkylation sites (N-methyl/N-ethyl adjacent to an activating group) is 1. The first-order valence-electron chi connectivity index (χ1n) is 10.9. The Hall–Kier alpha value is -3.78. The van der Waals surface area contributed by atoms with Crippen molar-refractivity contribution in [3.63, 3.8) is 0 Å². The van der Waals surface area contributed by atoms with Crippen LogP contribution in [0.1, 0.15) is 23.8 Å². The summed E-state index contributed by atoms with van der Waals surface area (Å²) in [7, 11) is 1.56. The first kappa shape index (κ1) is 22.0. The third-order valence-corrected chi connectivity index (χ3v) is 6.19. The van der Waals surface area contributed by atoms with E-state index in [-0.39, 0.29) is 30.9 Å². The number of hydrogen-bond acceptors (Lipinski definition) is 6. The fraction of sp³-hybridized carbons (Fsp3) is 0.240. The maximum atomic E-state index is 13.6. The molecule has 0 saturated carbocycles. The topological polar surface area (TPSA) is 87.4 Å². The molecule has 2 amide bonds. The second-order valence-corrected chi connectivity index (χ2v) is 8.53. The minimum Gasteiger partial charge on any atom is -0.477 e. The van der Waals surface area contributed by atoms with Gasteiger partial charge in [-0.2, -0.15) is 5.10 Å². The van der Waals surface area contributed by atoms with Crippen LogP contribution in [-0.4, -0.2) is 48.8 Å². The molecule has 34 heavy (non-hydrogen) atoms. The number of hydrazone groups is 1. The van der Waals surface area contributed by atoms with E-state index < -0.39 is 6.10 Å². The van der Waals surface area contributed by atoms with E-state index in [2.05, 4.69) is 10.4 Å². The summed E-state index contributed by atoms with van der Waals surface area (Å²) >= 11 is 6.04. The summed E-state index contributed by atoms with van der Waals surface area (Å²) in [4.78, 5) is 27.7. The van der Waals surface area contributed by atoms with Crippen LogP contribution in [-0.2, 0) is 9.59 Å². The summed E-state index contributed by atoms with van der Waals surface area (Å²) < 4.78 is 11.5. The molecule has 3 aromatic rings. The lowest BCUT2D eigenvalue weighted by molar-refractivity contribution is -0.132. The van der Waals surface area contributed by atoms with E-state index in [4.69, 9.17) is 20.8 Å². The molecule has 2 aliphatic heterocycles. The summed E-state index contributed by atoms with van der Waals surface area (Å²) in [6.45, 7) is 0.276. The first-order valence-corrected chi connectivity index (χ1v) is 11.3. The average molecular weight is 479 g/mol. The lowest BCUT2D eigenvalue weighted by Crippen LogP contribution is -2.50. The van der Waals surface area contributed by atoms with Gasteiger partial charge in [0.1, 0.15) is 17.6 Å². The van der Waals surface area contributed by atoms with Gasteiger partial charge in [0.15, 0.2) is 6.10 Å². The number of nitrogens with zero attached hydrogens (tertiary/aromatic N) is 3. The van der Waals surface area contributed by atoms with Crippen molar-refractivity contribution >= 4 is 34.8 Å². The lowest BCUT2D eigenvalue weighted by atomic mass is 10.0. The molecule has 1 aromatic heterocycles. The van der Waals surface area contributed by atoms with E-state index in [1.807, 2.05) is 41.3 Å². The van der Waals surface area contributed by atoms with E-state index >= 15 is 0 Å². The van der Waals surface area contributed by atoms with Crippen molar-refractivity contribution in [2.75, 3.05) is 25.0 Å². The molecule has 0 spiro atoms. The monoisotopic (exact) mass is 478 g/mol. The van der Waals surface area contributed by atoms with Gasteiger partial charge in [0.25, 0.3) is 11.8 Å². The molecule has 0 fully saturated rings. The lowest BCUT2D eigenvalue weighted by Gasteiger charge is -2.35. The number of rotatable bonds is 5. The molecule has 0 unspecified atom stereocenters. The third kappa shape index (κ3) is 4.24. The van der Waals surface area contributed by atoms with Crippen LogP contribution in [0.3, 0.4) is 0 Å². The molecular formula is C25H23ClN4O4. The van der Waals surface area contributed by atoms with Crippen LogP contribution in [0.4, 0.5) is 5.69 Å². The maximum Gasteiger partial charge on any atom is 0.262 e. The molecule has 5 rings (SSSR count). The van der Waals surface area contributed by atoms with E-state index in [0.717, 1.165) is 17.0 Å². The molecule has 9 heteroatoms. The zero-order chi connectivity index (χ0) is 23.7. The number of furan rings is 1. The molecule has 2 aliphatic rings. The number of para-hydroxylation sites is 2. The molecule has 0 saturated heterocycles. The average Bonchev–Trinajstić information content (AvgIpc) is 3.54. The fourth-order valence-corrected chi connectivity index (χ4v) is 4.38. The standard InChI is InChI=1S/C25H23ClN4O4/c1-27-25(32)23-14-29(19-5-2-3-6-22(19)34-23)15-24(31)30-20(21-7-4-12-33-21)13-18(28-30)16-8-10-17(26)11-9-16/h2-12,20,23H,13-15H2,1H3,(H,27,32)/t20-,23+/m0/s1. The number of carbonyl (C=O) groups excluding carboxylic acids is 2. The van der Waals surface area contributed by atoms with E-state index in [9.17, 15) is 9.59 Å². The second kappa shape index (κ2) is 9.23. The van der Waals surface area contributed by atoms with Gasteiger partial charge in [0.05, 0.1) is 30.8 Å². The van der Waals surface area contributed by atoms with Crippen LogP contribution in [0.2, 0.25) is 5.02 Å². The molecule has 1 N–H and O–H groups in total. The van der Waals surface area contributed by atoms with Gasteiger partial charge in [-0.05, 0) is 42.0 Å². The van der Waals surface area contributed by atoms with Gasteiger partial charge in [-0.3, -0.25) is 9.59 Å². The molecule has 0 bridgehead atoms. The molecular weight excluding hydrogens is 456 g/mol. The van der Waals surface area contributed by atoms with Crippen LogP contribution in [0, 0.1) is 0 Å². The predicted molar refractivity (Wildman–Crippen MR) is 128 cm³/mol. The Morgan fingerprint density at radius 1 is 1.12 bits per heavy atom. The highest BCUT2D eigenvalue weighted by Crippen LogP contribution is 2.36. The van der Waals surface area contributed by atoms with Crippen LogP contribution in [0.5, 0.6) is 5.75 Å². The van der Waals surface area contributed by atoms with E-state index in [0.29, 0.717) is 23.0 Å². The Morgan fingerprint density at radius 2 is 1.91 bits per heavy atom. The van der Waals surface area contributed by atoms with Crippen LogP contribution in [0.25, 0.3) is 0 Å². The molecule has 8 nitrogen and oxygen atoms in total. The quantitative estimate of drug-likeness (QED) is 0.605. The Balaban J connectivity index is 1.43. The highest BCUT2D eigenvalue weighted by Gasteiger charge is 2.37. The van der Waals surface area contributed by atoms with Crippen molar-refractivity contribution in [3.8, 4) is 5.75 Å². The summed E-state index contributed by atoms with van der Waals surface area (Å²) in [5.74, 6) is 0.763. The van der Waals surface area contributed by atoms with Gasteiger partial charge >= 0.3 is 0 Å². The molecule has 174 valence electrons.